The van der Waals surface area contributed by atoms with Crippen molar-refractivity contribution in [2.45, 2.75) is 6.04 Å². The van der Waals surface area contributed by atoms with Gasteiger partial charge in [0.15, 0.2) is 0 Å². The van der Waals surface area contributed by atoms with E-state index in [2.05, 4.69) is 16.0 Å². The summed E-state index contributed by atoms with van der Waals surface area (Å²) in [5.74, 6) is 0. The monoisotopic (exact) mass is 238 g/mol. The summed E-state index contributed by atoms with van der Waals surface area (Å²) in [5, 5.41) is 9.30. The minimum absolute atomic E-state index is 0.0542. The van der Waals surface area contributed by atoms with Crippen LogP contribution in [0.15, 0.2) is 70.6 Å². The van der Waals surface area contributed by atoms with Crippen LogP contribution in [0.5, 0.6) is 0 Å². The molecule has 3 heteroatoms. The largest absolute Gasteiger partial charge is 0.394 e. The van der Waals surface area contributed by atoms with Crippen molar-refractivity contribution in [3.8, 4) is 0 Å². The van der Waals surface area contributed by atoms with Gasteiger partial charge in [0.25, 0.3) is 0 Å². The smallest absolute Gasteiger partial charge is 0.109 e. The van der Waals surface area contributed by atoms with Crippen molar-refractivity contribution in [3.63, 3.8) is 0 Å². The molecule has 0 aromatic heterocycles. The maximum absolute atomic E-state index is 9.30. The van der Waals surface area contributed by atoms with Crippen LogP contribution in [-0.2, 0) is 0 Å². The normalized spacial score (nSPS) is 11.4. The van der Waals surface area contributed by atoms with Crippen molar-refractivity contribution >= 4 is 11.7 Å². The van der Waals surface area contributed by atoms with Gasteiger partial charge >= 0.3 is 0 Å². The van der Waals surface area contributed by atoms with E-state index in [0.717, 1.165) is 11.3 Å². The SMILES string of the molecule is OC[C@@H](N=C=Nc1ccccc1)c1ccccc1. The van der Waals surface area contributed by atoms with Crippen LogP contribution in [0.25, 0.3) is 0 Å². The van der Waals surface area contributed by atoms with E-state index in [4.69, 9.17) is 0 Å². The number of hydrogen-bond donors (Lipinski definition) is 1. The van der Waals surface area contributed by atoms with Gasteiger partial charge in [-0.25, -0.2) is 4.99 Å². The molecule has 0 saturated heterocycles. The van der Waals surface area contributed by atoms with E-state index in [-0.39, 0.29) is 12.6 Å². The Kier molecular flexibility index (Phi) is 4.42. The highest BCUT2D eigenvalue weighted by Gasteiger charge is 2.06. The lowest BCUT2D eigenvalue weighted by molar-refractivity contribution is 0.269. The zero-order valence-electron chi connectivity index (χ0n) is 9.90. The van der Waals surface area contributed by atoms with Crippen molar-refractivity contribution in [2.24, 2.45) is 9.98 Å². The summed E-state index contributed by atoms with van der Waals surface area (Å²) in [6, 6.07) is 21.4. The van der Waals surface area contributed by atoms with Crippen molar-refractivity contribution in [3.05, 3.63) is 66.2 Å². The number of aliphatic hydroxyl groups excluding tert-OH is 1. The lowest BCUT2D eigenvalue weighted by Crippen LogP contribution is -1.99. The molecule has 18 heavy (non-hydrogen) atoms. The molecular weight excluding hydrogens is 224 g/mol. The third kappa shape index (κ3) is 3.39. The van der Waals surface area contributed by atoms with E-state index in [1.54, 1.807) is 0 Å². The number of hydrogen-bond acceptors (Lipinski definition) is 3. The molecule has 2 aromatic rings. The first kappa shape index (κ1) is 12.2. The summed E-state index contributed by atoms with van der Waals surface area (Å²) in [6.45, 7) is -0.0542. The standard InChI is InChI=1S/C15H14N2O/c18-11-15(13-7-3-1-4-8-13)17-12-16-14-9-5-2-6-10-14/h1-10,15,18H,11H2/t15-/m1/s1. The van der Waals surface area contributed by atoms with E-state index in [0.29, 0.717) is 0 Å². The summed E-state index contributed by atoms with van der Waals surface area (Å²) in [4.78, 5) is 8.23. The predicted molar refractivity (Wildman–Crippen MR) is 72.2 cm³/mol. The quantitative estimate of drug-likeness (QED) is 0.816. The second-order valence-electron chi connectivity index (χ2n) is 3.79. The van der Waals surface area contributed by atoms with Crippen LogP contribution >= 0.6 is 0 Å². The highest BCUT2D eigenvalue weighted by atomic mass is 16.3. The summed E-state index contributed by atoms with van der Waals surface area (Å²) in [6.07, 6.45) is 0. The molecule has 0 heterocycles. The third-order valence-electron chi connectivity index (χ3n) is 2.51. The maximum atomic E-state index is 9.30. The Labute approximate surface area is 106 Å². The molecule has 0 aliphatic heterocycles. The third-order valence-corrected chi connectivity index (χ3v) is 2.51. The Balaban J connectivity index is 2.14. The number of nitrogens with zero attached hydrogens (tertiary/aromatic N) is 2. The van der Waals surface area contributed by atoms with Gasteiger partial charge in [0.1, 0.15) is 6.04 Å². The van der Waals surface area contributed by atoms with Crippen LogP contribution in [0.3, 0.4) is 0 Å². The average molecular weight is 238 g/mol. The fourth-order valence-corrected chi connectivity index (χ4v) is 1.55. The van der Waals surface area contributed by atoms with Gasteiger partial charge in [0.2, 0.25) is 0 Å². The minimum Gasteiger partial charge on any atom is -0.394 e. The van der Waals surface area contributed by atoms with Gasteiger partial charge in [0.05, 0.1) is 18.3 Å². The molecule has 1 atom stereocenters. The Morgan fingerprint density at radius 1 is 0.944 bits per heavy atom. The zero-order valence-corrected chi connectivity index (χ0v) is 9.90. The van der Waals surface area contributed by atoms with Crippen molar-refractivity contribution in [1.29, 1.82) is 0 Å². The minimum atomic E-state index is -0.307. The van der Waals surface area contributed by atoms with Gasteiger partial charge in [-0.1, -0.05) is 48.5 Å². The van der Waals surface area contributed by atoms with E-state index < -0.39 is 0 Å². The van der Waals surface area contributed by atoms with Gasteiger partial charge < -0.3 is 5.11 Å². The zero-order chi connectivity index (χ0) is 12.6. The lowest BCUT2D eigenvalue weighted by atomic mass is 10.1. The molecular formula is C15H14N2O. The number of aliphatic hydroxyl groups is 1. The topological polar surface area (TPSA) is 45.0 Å². The molecule has 3 nitrogen and oxygen atoms in total. The first-order valence-electron chi connectivity index (χ1n) is 5.76. The van der Waals surface area contributed by atoms with E-state index >= 15 is 0 Å². The second-order valence-corrected chi connectivity index (χ2v) is 3.79. The molecule has 0 spiro atoms. The highest BCUT2D eigenvalue weighted by Crippen LogP contribution is 2.15. The van der Waals surface area contributed by atoms with Gasteiger partial charge in [-0.05, 0) is 17.7 Å². The first-order valence-corrected chi connectivity index (χ1v) is 5.76. The Morgan fingerprint density at radius 3 is 2.17 bits per heavy atom. The molecule has 0 aliphatic carbocycles. The second kappa shape index (κ2) is 6.50. The van der Waals surface area contributed by atoms with E-state index in [1.165, 1.54) is 0 Å². The predicted octanol–water partition coefficient (Wildman–Crippen LogP) is 3.23. The number of para-hydroxylation sites is 1. The molecule has 2 rings (SSSR count). The Morgan fingerprint density at radius 2 is 1.56 bits per heavy atom. The summed E-state index contributed by atoms with van der Waals surface area (Å²) >= 11 is 0. The molecule has 2 aromatic carbocycles. The van der Waals surface area contributed by atoms with E-state index in [1.807, 2.05) is 60.7 Å². The summed E-state index contributed by atoms with van der Waals surface area (Å²) in [7, 11) is 0. The van der Waals surface area contributed by atoms with Crippen molar-refractivity contribution in [1.82, 2.24) is 0 Å². The van der Waals surface area contributed by atoms with Crippen LogP contribution in [0.4, 0.5) is 5.69 Å². The first-order chi connectivity index (χ1) is 8.90. The summed E-state index contributed by atoms with van der Waals surface area (Å²) < 4.78 is 0. The fourth-order valence-electron chi connectivity index (χ4n) is 1.55. The van der Waals surface area contributed by atoms with Crippen LogP contribution in [0, 0.1) is 0 Å². The Bertz CT molecular complexity index is 531. The molecule has 0 radical (unpaired) electrons. The molecule has 0 saturated carbocycles. The van der Waals surface area contributed by atoms with Gasteiger partial charge in [-0.2, -0.15) is 4.99 Å². The molecule has 90 valence electrons. The van der Waals surface area contributed by atoms with Crippen LogP contribution in [0.2, 0.25) is 0 Å². The van der Waals surface area contributed by atoms with E-state index in [9.17, 15) is 5.11 Å². The average Bonchev–Trinajstić information content (AvgIpc) is 2.46. The van der Waals surface area contributed by atoms with Gasteiger partial charge in [-0.15, -0.1) is 0 Å². The van der Waals surface area contributed by atoms with Gasteiger partial charge in [-0.3, -0.25) is 0 Å². The summed E-state index contributed by atoms with van der Waals surface area (Å²) in [5.41, 5.74) is 1.75. The van der Waals surface area contributed by atoms with Crippen LogP contribution in [0.1, 0.15) is 11.6 Å². The molecule has 0 aliphatic rings. The van der Waals surface area contributed by atoms with Crippen molar-refractivity contribution in [2.75, 3.05) is 6.61 Å². The maximum Gasteiger partial charge on any atom is 0.109 e. The van der Waals surface area contributed by atoms with Crippen LogP contribution in [-0.4, -0.2) is 17.7 Å². The number of benzene rings is 2. The number of rotatable bonds is 4. The molecule has 0 unspecified atom stereocenters. The van der Waals surface area contributed by atoms with Crippen molar-refractivity contribution < 1.29 is 5.11 Å². The molecule has 0 bridgehead atoms. The lowest BCUT2D eigenvalue weighted by Gasteiger charge is -2.06. The van der Waals surface area contributed by atoms with Crippen LogP contribution < -0.4 is 0 Å². The fraction of sp³-hybridized carbons (Fsp3) is 0.133. The number of aliphatic imine (C=N–C) groups is 2. The molecule has 0 amide bonds. The molecule has 1 N–H and O–H groups in total. The molecule has 0 fully saturated rings. The van der Waals surface area contributed by atoms with Gasteiger partial charge in [0, 0.05) is 0 Å². The Hall–Kier alpha value is -2.22. The highest BCUT2D eigenvalue weighted by molar-refractivity contribution is 5.52.